The molecule has 0 bridgehead atoms. The Morgan fingerprint density at radius 3 is 2.37 bits per heavy atom. The van der Waals surface area contributed by atoms with Crippen LogP contribution in [0, 0.1) is 5.82 Å². The Labute approximate surface area is 157 Å². The molecule has 2 aromatic carbocycles. The van der Waals surface area contributed by atoms with Gasteiger partial charge in [0.05, 0.1) is 12.3 Å². The maximum absolute atomic E-state index is 13.0. The van der Waals surface area contributed by atoms with Gasteiger partial charge in [0.15, 0.2) is 0 Å². The zero-order chi connectivity index (χ0) is 19.2. The van der Waals surface area contributed by atoms with Gasteiger partial charge >= 0.3 is 11.8 Å². The maximum atomic E-state index is 13.0. The fourth-order valence-electron chi connectivity index (χ4n) is 2.99. The molecule has 2 amide bonds. The summed E-state index contributed by atoms with van der Waals surface area (Å²) in [6.07, 6.45) is 0. The van der Waals surface area contributed by atoms with E-state index in [0.717, 1.165) is 5.69 Å². The van der Waals surface area contributed by atoms with Crippen molar-refractivity contribution in [1.82, 2.24) is 4.90 Å². The summed E-state index contributed by atoms with van der Waals surface area (Å²) in [5.74, 6) is -1.00. The summed E-state index contributed by atoms with van der Waals surface area (Å²) in [7, 11) is 0. The molecule has 0 aliphatic carbocycles. The Hall–Kier alpha value is -3.09. The highest BCUT2D eigenvalue weighted by Crippen LogP contribution is 2.24. The minimum Gasteiger partial charge on any atom is -0.492 e. The number of hydrogen-bond donors (Lipinski definition) is 1. The molecule has 6 nitrogen and oxygen atoms in total. The van der Waals surface area contributed by atoms with Gasteiger partial charge in [-0.05, 0) is 43.3 Å². The van der Waals surface area contributed by atoms with Crippen LogP contribution >= 0.6 is 0 Å². The number of nitrogens with one attached hydrogen (secondary N) is 1. The lowest BCUT2D eigenvalue weighted by atomic mass is 10.2. The molecule has 0 unspecified atom stereocenters. The number of para-hydroxylation sites is 2. The summed E-state index contributed by atoms with van der Waals surface area (Å²) in [5.41, 5.74) is 1.38. The van der Waals surface area contributed by atoms with Gasteiger partial charge in [-0.2, -0.15) is 0 Å². The summed E-state index contributed by atoms with van der Waals surface area (Å²) in [6.45, 7) is 4.34. The summed E-state index contributed by atoms with van der Waals surface area (Å²) < 4.78 is 18.5. The number of carbonyl (C=O) groups is 2. The lowest BCUT2D eigenvalue weighted by Gasteiger charge is -2.35. The molecule has 0 radical (unpaired) electrons. The normalized spacial score (nSPS) is 14.0. The van der Waals surface area contributed by atoms with Crippen LogP contribution in [0.25, 0.3) is 0 Å². The van der Waals surface area contributed by atoms with Crippen molar-refractivity contribution in [2.45, 2.75) is 6.92 Å². The Kier molecular flexibility index (Phi) is 5.90. The molecule has 0 spiro atoms. The molecule has 2 aromatic rings. The molecule has 0 aromatic heterocycles. The van der Waals surface area contributed by atoms with Crippen LogP contribution in [-0.4, -0.2) is 49.5 Å². The van der Waals surface area contributed by atoms with E-state index in [1.807, 2.05) is 6.92 Å². The van der Waals surface area contributed by atoms with Crippen LogP contribution in [0.4, 0.5) is 15.8 Å². The zero-order valence-corrected chi connectivity index (χ0v) is 15.2. The standard InChI is InChI=1S/C20H22FN3O3/c1-2-27-18-6-4-3-5-17(18)22-19(25)20(26)24-13-11-23(12-14-24)16-9-7-15(21)8-10-16/h3-10H,2,11-14H2,1H3,(H,22,25). The fraction of sp³-hybridized carbons (Fsp3) is 0.300. The van der Waals surface area contributed by atoms with Crippen molar-refractivity contribution in [3.63, 3.8) is 0 Å². The SMILES string of the molecule is CCOc1ccccc1NC(=O)C(=O)N1CCN(c2ccc(F)cc2)CC1. The van der Waals surface area contributed by atoms with Gasteiger partial charge in [0.1, 0.15) is 11.6 Å². The van der Waals surface area contributed by atoms with E-state index < -0.39 is 11.8 Å². The minimum absolute atomic E-state index is 0.281. The number of nitrogens with zero attached hydrogens (tertiary/aromatic N) is 2. The number of piperazine rings is 1. The van der Waals surface area contributed by atoms with Crippen molar-refractivity contribution >= 4 is 23.2 Å². The summed E-state index contributed by atoms with van der Waals surface area (Å²) in [4.78, 5) is 28.4. The molecule has 27 heavy (non-hydrogen) atoms. The van der Waals surface area contributed by atoms with Gasteiger partial charge in [0.25, 0.3) is 0 Å². The summed E-state index contributed by atoms with van der Waals surface area (Å²) in [5, 5.41) is 2.63. The number of halogens is 1. The number of anilines is 2. The van der Waals surface area contributed by atoms with Crippen LogP contribution in [0.2, 0.25) is 0 Å². The van der Waals surface area contributed by atoms with E-state index >= 15 is 0 Å². The van der Waals surface area contributed by atoms with Crippen LogP contribution in [0.5, 0.6) is 5.75 Å². The first-order valence-corrected chi connectivity index (χ1v) is 8.91. The quantitative estimate of drug-likeness (QED) is 0.839. The molecule has 1 heterocycles. The molecule has 0 atom stereocenters. The van der Waals surface area contributed by atoms with E-state index in [2.05, 4.69) is 10.2 Å². The highest BCUT2D eigenvalue weighted by molar-refractivity contribution is 6.39. The molecule has 1 N–H and O–H groups in total. The molecule has 142 valence electrons. The number of benzene rings is 2. The molecule has 1 aliphatic heterocycles. The van der Waals surface area contributed by atoms with Crippen molar-refractivity contribution in [2.75, 3.05) is 43.0 Å². The third-order valence-corrected chi connectivity index (χ3v) is 4.39. The maximum Gasteiger partial charge on any atom is 0.314 e. The van der Waals surface area contributed by atoms with Crippen LogP contribution in [0.1, 0.15) is 6.92 Å². The minimum atomic E-state index is -0.683. The second-order valence-electron chi connectivity index (χ2n) is 6.14. The number of ether oxygens (including phenoxy) is 1. The van der Waals surface area contributed by atoms with Crippen molar-refractivity contribution in [2.24, 2.45) is 0 Å². The largest absolute Gasteiger partial charge is 0.492 e. The van der Waals surface area contributed by atoms with Crippen LogP contribution in [-0.2, 0) is 9.59 Å². The van der Waals surface area contributed by atoms with Crippen molar-refractivity contribution < 1.29 is 18.7 Å². The van der Waals surface area contributed by atoms with E-state index in [0.29, 0.717) is 44.2 Å². The van der Waals surface area contributed by atoms with E-state index in [-0.39, 0.29) is 5.82 Å². The van der Waals surface area contributed by atoms with Gasteiger partial charge in [0, 0.05) is 31.9 Å². The second-order valence-corrected chi connectivity index (χ2v) is 6.14. The first-order valence-electron chi connectivity index (χ1n) is 8.91. The molecule has 1 aliphatic rings. The molecular formula is C20H22FN3O3. The Morgan fingerprint density at radius 2 is 1.70 bits per heavy atom. The fourth-order valence-corrected chi connectivity index (χ4v) is 2.99. The zero-order valence-electron chi connectivity index (χ0n) is 15.2. The van der Waals surface area contributed by atoms with Gasteiger partial charge in [0.2, 0.25) is 0 Å². The number of rotatable bonds is 4. The monoisotopic (exact) mass is 371 g/mol. The lowest BCUT2D eigenvalue weighted by Crippen LogP contribution is -2.51. The van der Waals surface area contributed by atoms with Crippen LogP contribution < -0.4 is 15.0 Å². The summed E-state index contributed by atoms with van der Waals surface area (Å²) >= 11 is 0. The van der Waals surface area contributed by atoms with Crippen LogP contribution in [0.3, 0.4) is 0 Å². The van der Waals surface area contributed by atoms with Gasteiger partial charge in [-0.1, -0.05) is 12.1 Å². The average molecular weight is 371 g/mol. The first-order chi connectivity index (χ1) is 13.1. The molecule has 1 saturated heterocycles. The third-order valence-electron chi connectivity index (χ3n) is 4.39. The predicted octanol–water partition coefficient (Wildman–Crippen LogP) is 2.51. The van der Waals surface area contributed by atoms with Gasteiger partial charge in [-0.3, -0.25) is 9.59 Å². The number of amides is 2. The average Bonchev–Trinajstić information content (AvgIpc) is 2.70. The number of carbonyl (C=O) groups excluding carboxylic acids is 2. The molecule has 3 rings (SSSR count). The van der Waals surface area contributed by atoms with E-state index in [1.54, 1.807) is 36.4 Å². The highest BCUT2D eigenvalue weighted by Gasteiger charge is 2.26. The lowest BCUT2D eigenvalue weighted by molar-refractivity contribution is -0.143. The summed E-state index contributed by atoms with van der Waals surface area (Å²) in [6, 6.07) is 13.3. The molecule has 0 saturated carbocycles. The number of hydrogen-bond acceptors (Lipinski definition) is 4. The van der Waals surface area contributed by atoms with Gasteiger partial charge < -0.3 is 19.9 Å². The Balaban J connectivity index is 1.57. The van der Waals surface area contributed by atoms with Gasteiger partial charge in [-0.15, -0.1) is 0 Å². The third kappa shape index (κ3) is 4.55. The smallest absolute Gasteiger partial charge is 0.314 e. The second kappa shape index (κ2) is 8.53. The van der Waals surface area contributed by atoms with Crippen molar-refractivity contribution in [1.29, 1.82) is 0 Å². The van der Waals surface area contributed by atoms with E-state index in [1.165, 1.54) is 17.0 Å². The Morgan fingerprint density at radius 1 is 1.04 bits per heavy atom. The predicted molar refractivity (Wildman–Crippen MR) is 101 cm³/mol. The molecule has 7 heteroatoms. The molecular weight excluding hydrogens is 349 g/mol. The van der Waals surface area contributed by atoms with Crippen molar-refractivity contribution in [3.05, 3.63) is 54.3 Å². The van der Waals surface area contributed by atoms with Gasteiger partial charge in [-0.25, -0.2) is 4.39 Å². The first kappa shape index (κ1) is 18.7. The van der Waals surface area contributed by atoms with E-state index in [4.69, 9.17) is 4.74 Å². The topological polar surface area (TPSA) is 61.9 Å². The van der Waals surface area contributed by atoms with Crippen LogP contribution in [0.15, 0.2) is 48.5 Å². The Bertz CT molecular complexity index is 802. The van der Waals surface area contributed by atoms with Crippen molar-refractivity contribution in [3.8, 4) is 5.75 Å². The van der Waals surface area contributed by atoms with E-state index in [9.17, 15) is 14.0 Å². The highest BCUT2D eigenvalue weighted by atomic mass is 19.1. The molecule has 1 fully saturated rings.